The molecular weight excluding hydrogens is 354 g/mol. The average molecular weight is 367 g/mol. The quantitative estimate of drug-likeness (QED) is 0.804. The van der Waals surface area contributed by atoms with Gasteiger partial charge in [0.2, 0.25) is 0 Å². The van der Waals surface area contributed by atoms with Crippen molar-refractivity contribution in [2.24, 2.45) is 0 Å². The molecule has 0 heterocycles. The van der Waals surface area contributed by atoms with Gasteiger partial charge in [-0.2, -0.15) is 0 Å². The molecule has 1 aromatic rings. The molecule has 0 bridgehead atoms. The lowest BCUT2D eigenvalue weighted by Crippen LogP contribution is -2.34. The number of ether oxygens (including phenoxy) is 1. The zero-order valence-corrected chi connectivity index (χ0v) is 12.6. The van der Waals surface area contributed by atoms with Crippen LogP contribution < -0.4 is 5.32 Å². The molecule has 94 valence electrons. The number of halogens is 2. The van der Waals surface area contributed by atoms with E-state index in [4.69, 9.17) is 0 Å². The van der Waals surface area contributed by atoms with E-state index in [1.54, 1.807) is 19.1 Å². The molecule has 0 spiro atoms. The fourth-order valence-corrected chi connectivity index (χ4v) is 2.53. The average Bonchev–Trinajstić information content (AvgIpc) is 2.31. The van der Waals surface area contributed by atoms with Crippen LogP contribution in [-0.4, -0.2) is 24.2 Å². The second kappa shape index (κ2) is 6.37. The van der Waals surface area contributed by atoms with E-state index in [9.17, 15) is 9.90 Å². The number of esters is 1. The predicted molar refractivity (Wildman–Crippen MR) is 71.8 cm³/mol. The number of nitrogens with one attached hydrogen (secondary N) is 1. The summed E-state index contributed by atoms with van der Waals surface area (Å²) in [6, 6.07) is 3.21. The van der Waals surface area contributed by atoms with Crippen molar-refractivity contribution in [1.82, 2.24) is 5.32 Å². The Morgan fingerprint density at radius 1 is 1.47 bits per heavy atom. The molecule has 1 rings (SSSR count). The minimum absolute atomic E-state index is 0.162. The van der Waals surface area contributed by atoms with Gasteiger partial charge in [0.1, 0.15) is 11.8 Å². The van der Waals surface area contributed by atoms with Crippen LogP contribution in [0.25, 0.3) is 0 Å². The Morgan fingerprint density at radius 3 is 2.47 bits per heavy atom. The third kappa shape index (κ3) is 3.97. The molecule has 2 N–H and O–H groups in total. The van der Waals surface area contributed by atoms with Crippen LogP contribution in [0.3, 0.4) is 0 Å². The third-order valence-corrected chi connectivity index (χ3v) is 3.45. The largest absolute Gasteiger partial charge is 0.506 e. The number of phenols is 1. The van der Waals surface area contributed by atoms with Crippen molar-refractivity contribution < 1.29 is 14.6 Å². The van der Waals surface area contributed by atoms with E-state index in [1.807, 2.05) is 0 Å². The highest BCUT2D eigenvalue weighted by molar-refractivity contribution is 9.11. The third-order valence-electron chi connectivity index (χ3n) is 2.24. The molecule has 17 heavy (non-hydrogen) atoms. The molecule has 0 saturated heterocycles. The van der Waals surface area contributed by atoms with Gasteiger partial charge in [-0.3, -0.25) is 4.79 Å². The summed E-state index contributed by atoms with van der Waals surface area (Å²) >= 11 is 6.49. The summed E-state index contributed by atoms with van der Waals surface area (Å²) in [5.41, 5.74) is 0.942. The first-order valence-electron chi connectivity index (χ1n) is 4.93. The molecule has 0 fully saturated rings. The zero-order valence-electron chi connectivity index (χ0n) is 9.46. The maximum absolute atomic E-state index is 11.2. The summed E-state index contributed by atoms with van der Waals surface area (Å²) in [7, 11) is 1.36. The highest BCUT2D eigenvalue weighted by atomic mass is 79.9. The van der Waals surface area contributed by atoms with E-state index >= 15 is 0 Å². The van der Waals surface area contributed by atoms with Crippen molar-refractivity contribution in [3.8, 4) is 5.75 Å². The second-order valence-corrected chi connectivity index (χ2v) is 5.24. The molecule has 1 aromatic carbocycles. The van der Waals surface area contributed by atoms with Gasteiger partial charge in [-0.05, 0) is 56.5 Å². The first-order valence-corrected chi connectivity index (χ1v) is 6.52. The first-order chi connectivity index (χ1) is 7.95. The topological polar surface area (TPSA) is 58.6 Å². The van der Waals surface area contributed by atoms with E-state index in [-0.39, 0.29) is 17.8 Å². The number of phenolic OH excluding ortho intramolecular Hbond substituents is 1. The molecule has 0 aromatic heterocycles. The van der Waals surface area contributed by atoms with Gasteiger partial charge in [-0.15, -0.1) is 0 Å². The van der Waals surface area contributed by atoms with Crippen LogP contribution in [0.15, 0.2) is 21.1 Å². The van der Waals surface area contributed by atoms with E-state index in [0.717, 1.165) is 5.56 Å². The molecule has 0 amide bonds. The maximum atomic E-state index is 11.2. The fraction of sp³-hybridized carbons (Fsp3) is 0.364. The maximum Gasteiger partial charge on any atom is 0.322 e. The monoisotopic (exact) mass is 365 g/mol. The molecule has 1 atom stereocenters. The standard InChI is InChI=1S/C11H13Br2NO3/c1-6(11(16)17-2)14-5-7-3-8(12)10(15)9(13)4-7/h3-4,6,14-15H,5H2,1-2H3/t6-/m0/s1. The van der Waals surface area contributed by atoms with Gasteiger partial charge in [-0.1, -0.05) is 0 Å². The Kier molecular flexibility index (Phi) is 5.42. The van der Waals surface area contributed by atoms with Crippen molar-refractivity contribution in [1.29, 1.82) is 0 Å². The molecule has 6 heteroatoms. The van der Waals surface area contributed by atoms with E-state index in [2.05, 4.69) is 41.9 Å². The summed E-state index contributed by atoms with van der Waals surface area (Å²) in [6.07, 6.45) is 0. The highest BCUT2D eigenvalue weighted by Gasteiger charge is 2.12. The lowest BCUT2D eigenvalue weighted by atomic mass is 10.2. The first kappa shape index (κ1) is 14.5. The Morgan fingerprint density at radius 2 is 2.00 bits per heavy atom. The van der Waals surface area contributed by atoms with Crippen LogP contribution in [0.5, 0.6) is 5.75 Å². The molecule has 0 saturated carbocycles. The Hall–Kier alpha value is -0.590. The van der Waals surface area contributed by atoms with Crippen LogP contribution in [0.4, 0.5) is 0 Å². The second-order valence-electron chi connectivity index (χ2n) is 3.53. The number of benzene rings is 1. The van der Waals surface area contributed by atoms with Crippen molar-refractivity contribution in [3.63, 3.8) is 0 Å². The van der Waals surface area contributed by atoms with Gasteiger partial charge in [0.25, 0.3) is 0 Å². The number of aromatic hydroxyl groups is 1. The number of rotatable bonds is 4. The van der Waals surface area contributed by atoms with Gasteiger partial charge in [0, 0.05) is 6.54 Å². The lowest BCUT2D eigenvalue weighted by Gasteiger charge is -2.12. The summed E-state index contributed by atoms with van der Waals surface area (Å²) in [5, 5.41) is 12.6. The number of methoxy groups -OCH3 is 1. The van der Waals surface area contributed by atoms with Crippen LogP contribution in [0.1, 0.15) is 12.5 Å². The van der Waals surface area contributed by atoms with Gasteiger partial charge in [-0.25, -0.2) is 0 Å². The number of carbonyl (C=O) groups excluding carboxylic acids is 1. The van der Waals surface area contributed by atoms with E-state index in [0.29, 0.717) is 15.5 Å². The summed E-state index contributed by atoms with van der Waals surface area (Å²) in [6.45, 7) is 2.24. The normalized spacial score (nSPS) is 12.2. The van der Waals surface area contributed by atoms with Crippen LogP contribution in [-0.2, 0) is 16.1 Å². The smallest absolute Gasteiger partial charge is 0.322 e. The van der Waals surface area contributed by atoms with Gasteiger partial charge >= 0.3 is 5.97 Å². The summed E-state index contributed by atoms with van der Waals surface area (Å²) in [4.78, 5) is 11.2. The minimum atomic E-state index is -0.369. The van der Waals surface area contributed by atoms with Gasteiger partial charge < -0.3 is 15.2 Å². The van der Waals surface area contributed by atoms with Crippen LogP contribution in [0, 0.1) is 0 Å². The Balaban J connectivity index is 2.67. The van der Waals surface area contributed by atoms with Crippen molar-refractivity contribution in [3.05, 3.63) is 26.6 Å². The number of hydrogen-bond acceptors (Lipinski definition) is 4. The molecule has 0 unspecified atom stereocenters. The lowest BCUT2D eigenvalue weighted by molar-refractivity contribution is -0.142. The molecule has 0 aliphatic rings. The molecule has 0 aliphatic carbocycles. The SMILES string of the molecule is COC(=O)[C@H](C)NCc1cc(Br)c(O)c(Br)c1. The van der Waals surface area contributed by atoms with E-state index in [1.165, 1.54) is 7.11 Å². The summed E-state index contributed by atoms with van der Waals surface area (Å²) < 4.78 is 5.82. The number of hydrogen-bond donors (Lipinski definition) is 2. The Bertz CT molecular complexity index is 400. The van der Waals surface area contributed by atoms with E-state index < -0.39 is 0 Å². The number of carbonyl (C=O) groups is 1. The van der Waals surface area contributed by atoms with Crippen molar-refractivity contribution in [2.45, 2.75) is 19.5 Å². The molecule has 4 nitrogen and oxygen atoms in total. The minimum Gasteiger partial charge on any atom is -0.506 e. The summed E-state index contributed by atoms with van der Waals surface area (Å²) in [5.74, 6) is -0.142. The van der Waals surface area contributed by atoms with Gasteiger partial charge in [0.05, 0.1) is 16.1 Å². The van der Waals surface area contributed by atoms with Gasteiger partial charge in [0.15, 0.2) is 0 Å². The van der Waals surface area contributed by atoms with Crippen LogP contribution in [0.2, 0.25) is 0 Å². The van der Waals surface area contributed by atoms with Crippen LogP contribution >= 0.6 is 31.9 Å². The highest BCUT2D eigenvalue weighted by Crippen LogP contribution is 2.33. The fourth-order valence-electron chi connectivity index (χ4n) is 1.25. The molecule has 0 radical (unpaired) electrons. The molecular formula is C11H13Br2NO3. The predicted octanol–water partition coefficient (Wildman–Crippen LogP) is 2.57. The van der Waals surface area contributed by atoms with Crippen molar-refractivity contribution >= 4 is 37.8 Å². The Labute approximate surface area is 117 Å². The molecule has 0 aliphatic heterocycles. The zero-order chi connectivity index (χ0) is 13.0. The van der Waals surface area contributed by atoms with Crippen molar-refractivity contribution in [2.75, 3.05) is 7.11 Å².